The van der Waals surface area contributed by atoms with E-state index in [1.165, 1.54) is 37.7 Å². The van der Waals surface area contributed by atoms with Crippen molar-refractivity contribution in [2.24, 2.45) is 52.3 Å². The van der Waals surface area contributed by atoms with Gasteiger partial charge in [0.15, 0.2) is 6.29 Å². The van der Waals surface area contributed by atoms with E-state index in [1.54, 1.807) is 0 Å². The molecule has 14 unspecified atom stereocenters. The van der Waals surface area contributed by atoms with Crippen LogP contribution >= 0.6 is 0 Å². The van der Waals surface area contributed by atoms with Gasteiger partial charge in [-0.05, 0) is 142 Å². The Morgan fingerprint density at radius 2 is 1.53 bits per heavy atom. The molecule has 0 bridgehead atoms. The molecule has 5 rings (SSSR count). The number of hydrogen-bond acceptors (Lipinski definition) is 7. The Morgan fingerprint density at radius 3 is 2.21 bits per heavy atom. The topological polar surface area (TPSA) is 105 Å². The minimum absolute atomic E-state index is 0.146. The fraction of sp³-hybridized carbons (Fsp3) is 0.745. The molecule has 14 atom stereocenters. The Hall–Kier alpha value is -2.29. The number of hydrogen-bond donors (Lipinski definition) is 3. The number of aliphatic hydroxyl groups is 3. The molecule has 1 heterocycles. The fourth-order valence-electron chi connectivity index (χ4n) is 11.8. The van der Waals surface area contributed by atoms with E-state index in [2.05, 4.69) is 103 Å². The van der Waals surface area contributed by atoms with Gasteiger partial charge in [0, 0.05) is 6.42 Å². The van der Waals surface area contributed by atoms with E-state index >= 15 is 0 Å². The predicted octanol–water partition coefficient (Wildman–Crippen LogP) is 10.8. The van der Waals surface area contributed by atoms with E-state index in [9.17, 15) is 20.1 Å². The molecule has 4 fully saturated rings. The highest BCUT2D eigenvalue weighted by atomic mass is 16.7. The van der Waals surface area contributed by atoms with E-state index in [4.69, 9.17) is 14.2 Å². The van der Waals surface area contributed by atoms with Gasteiger partial charge >= 0.3 is 5.97 Å². The molecule has 58 heavy (non-hydrogen) atoms. The fourth-order valence-corrected chi connectivity index (χ4v) is 11.8. The minimum Gasteiger partial charge on any atom is -0.463 e. The third-order valence-electron chi connectivity index (χ3n) is 15.4. The molecule has 7 heteroatoms. The molecule has 3 N–H and O–H groups in total. The highest BCUT2D eigenvalue weighted by molar-refractivity contribution is 5.69. The first-order valence-electron chi connectivity index (χ1n) is 23.3. The van der Waals surface area contributed by atoms with Gasteiger partial charge in [0.25, 0.3) is 0 Å². The average molecular weight is 805 g/mol. The molecule has 0 amide bonds. The van der Waals surface area contributed by atoms with E-state index in [0.29, 0.717) is 35.5 Å². The molecule has 4 aliphatic carbocycles. The van der Waals surface area contributed by atoms with Crippen LogP contribution in [0.4, 0.5) is 0 Å². The summed E-state index contributed by atoms with van der Waals surface area (Å²) in [7, 11) is 0. The molecule has 0 spiro atoms. The molecular weight excluding hydrogens is 725 g/mol. The quantitative estimate of drug-likeness (QED) is 0.0882. The van der Waals surface area contributed by atoms with E-state index < -0.39 is 36.7 Å². The Kier molecular flexibility index (Phi) is 17.7. The summed E-state index contributed by atoms with van der Waals surface area (Å²) in [5.41, 5.74) is 2.02. The summed E-state index contributed by atoms with van der Waals surface area (Å²) in [6.45, 7) is 16.5. The van der Waals surface area contributed by atoms with E-state index in [-0.39, 0.29) is 24.5 Å². The normalized spacial score (nSPS) is 37.8. The third-order valence-corrected chi connectivity index (χ3v) is 15.4. The van der Waals surface area contributed by atoms with Gasteiger partial charge in [-0.2, -0.15) is 0 Å². The van der Waals surface area contributed by atoms with Crippen molar-refractivity contribution in [3.63, 3.8) is 0 Å². The number of carbonyl (C=O) groups excluding carboxylic acids is 1. The molecule has 326 valence electrons. The number of allylic oxidation sites excluding steroid dienone is 11. The van der Waals surface area contributed by atoms with Gasteiger partial charge in [0.1, 0.15) is 31.0 Å². The Balaban J connectivity index is 1.08. The first-order chi connectivity index (χ1) is 27.8. The van der Waals surface area contributed by atoms with Crippen molar-refractivity contribution in [2.75, 3.05) is 6.61 Å². The zero-order chi connectivity index (χ0) is 41.9. The Bertz CT molecular complexity index is 1470. The number of fused-ring (bicyclic) bond motifs is 5. The van der Waals surface area contributed by atoms with Crippen LogP contribution in [0.15, 0.2) is 72.4 Å². The predicted molar refractivity (Wildman–Crippen MR) is 235 cm³/mol. The van der Waals surface area contributed by atoms with Crippen molar-refractivity contribution in [1.82, 2.24) is 0 Å². The second kappa shape index (κ2) is 22.0. The molecular formula is C51H80O7. The highest BCUT2D eigenvalue weighted by Crippen LogP contribution is 2.67. The van der Waals surface area contributed by atoms with E-state index in [0.717, 1.165) is 69.1 Å². The van der Waals surface area contributed by atoms with Crippen LogP contribution in [0.2, 0.25) is 0 Å². The van der Waals surface area contributed by atoms with Crippen LogP contribution < -0.4 is 0 Å². The molecule has 1 aliphatic heterocycles. The summed E-state index contributed by atoms with van der Waals surface area (Å²) in [6, 6.07) is 0. The monoisotopic (exact) mass is 805 g/mol. The molecule has 0 aromatic heterocycles. The lowest BCUT2D eigenvalue weighted by atomic mass is 9.47. The van der Waals surface area contributed by atoms with Crippen molar-refractivity contribution >= 4 is 5.97 Å². The summed E-state index contributed by atoms with van der Waals surface area (Å²) in [5, 5.41) is 32.4. The molecule has 3 saturated carbocycles. The third kappa shape index (κ3) is 11.3. The Labute approximate surface area is 352 Å². The lowest BCUT2D eigenvalue weighted by molar-refractivity contribution is -0.313. The van der Waals surface area contributed by atoms with Gasteiger partial charge in [-0.25, -0.2) is 0 Å². The number of carbonyl (C=O) groups is 1. The van der Waals surface area contributed by atoms with Crippen molar-refractivity contribution in [1.29, 1.82) is 0 Å². The summed E-state index contributed by atoms with van der Waals surface area (Å²) in [6.07, 6.45) is 32.8. The smallest absolute Gasteiger partial charge is 0.306 e. The second-order valence-electron chi connectivity index (χ2n) is 19.3. The maximum atomic E-state index is 12.5. The van der Waals surface area contributed by atoms with Gasteiger partial charge in [0.05, 0.1) is 6.10 Å². The SMILES string of the molecule is CC/C=C\C/C=C\C/C=C\C/C=C\CCC(=O)OCC1OC(OC2CCC3(C)C(=CCC4C3CCC3(C)C(C(C)/C=C/C(CC)C(C)C)CCC43)C2)C(O)C(O)C1O. The lowest BCUT2D eigenvalue weighted by Gasteiger charge is -2.58. The summed E-state index contributed by atoms with van der Waals surface area (Å²) in [4.78, 5) is 12.5. The molecule has 0 radical (unpaired) electrons. The van der Waals surface area contributed by atoms with Gasteiger partial charge in [-0.15, -0.1) is 0 Å². The summed E-state index contributed by atoms with van der Waals surface area (Å²) in [5.74, 6) is 4.49. The molecule has 1 saturated heterocycles. The van der Waals surface area contributed by atoms with Crippen LogP contribution in [0.1, 0.15) is 145 Å². The lowest BCUT2D eigenvalue weighted by Crippen LogP contribution is -2.60. The largest absolute Gasteiger partial charge is 0.463 e. The van der Waals surface area contributed by atoms with Crippen LogP contribution in [0.3, 0.4) is 0 Å². The van der Waals surface area contributed by atoms with Crippen LogP contribution in [-0.4, -0.2) is 64.7 Å². The van der Waals surface area contributed by atoms with Gasteiger partial charge < -0.3 is 29.5 Å². The zero-order valence-corrected chi connectivity index (χ0v) is 37.1. The number of ether oxygens (including phenoxy) is 3. The summed E-state index contributed by atoms with van der Waals surface area (Å²) >= 11 is 0. The second-order valence-corrected chi connectivity index (χ2v) is 19.3. The minimum atomic E-state index is -1.47. The maximum Gasteiger partial charge on any atom is 0.306 e. The number of esters is 1. The molecule has 5 aliphatic rings. The van der Waals surface area contributed by atoms with Gasteiger partial charge in [-0.1, -0.05) is 121 Å². The Morgan fingerprint density at radius 1 is 0.845 bits per heavy atom. The first kappa shape index (κ1) is 46.8. The summed E-state index contributed by atoms with van der Waals surface area (Å²) < 4.78 is 17.9. The van der Waals surface area contributed by atoms with Crippen molar-refractivity contribution < 1.29 is 34.3 Å². The zero-order valence-electron chi connectivity index (χ0n) is 37.1. The first-order valence-corrected chi connectivity index (χ1v) is 23.3. The maximum absolute atomic E-state index is 12.5. The number of aliphatic hydroxyl groups excluding tert-OH is 3. The molecule has 0 aromatic rings. The van der Waals surface area contributed by atoms with Crippen molar-refractivity contribution in [3.05, 3.63) is 72.4 Å². The molecule has 7 nitrogen and oxygen atoms in total. The van der Waals surface area contributed by atoms with Gasteiger partial charge in [0.2, 0.25) is 0 Å². The van der Waals surface area contributed by atoms with Crippen molar-refractivity contribution in [2.45, 2.75) is 182 Å². The van der Waals surface area contributed by atoms with Crippen LogP contribution in [-0.2, 0) is 19.0 Å². The van der Waals surface area contributed by atoms with E-state index in [1.807, 2.05) is 12.2 Å². The van der Waals surface area contributed by atoms with Crippen LogP contribution in [0, 0.1) is 52.3 Å². The van der Waals surface area contributed by atoms with Crippen LogP contribution in [0.25, 0.3) is 0 Å². The van der Waals surface area contributed by atoms with Crippen LogP contribution in [0.5, 0.6) is 0 Å². The number of rotatable bonds is 19. The molecule has 0 aromatic carbocycles. The highest BCUT2D eigenvalue weighted by Gasteiger charge is 2.59. The van der Waals surface area contributed by atoms with Crippen molar-refractivity contribution in [3.8, 4) is 0 Å². The van der Waals surface area contributed by atoms with Gasteiger partial charge in [-0.3, -0.25) is 4.79 Å². The standard InChI is InChI=1S/C51H80O7/c1-8-10-11-12-13-14-15-16-17-18-19-20-21-22-45(52)56-34-44-46(53)47(54)48(55)49(58-44)57-39-29-31-50(6)38(33-39)25-26-40-42-28-27-41(51(42,7)32-30-43(40)50)36(5)23-24-37(9-2)35(3)4/h10-11,13-14,16-17,19-20,23-25,35-37,39-44,46-49,53-55H,8-9,12,15,18,21-22,26-34H2,1-7H3/b11-10-,14-13-,17-16-,20-19-,24-23+. The average Bonchev–Trinajstić information content (AvgIpc) is 3.56.